The van der Waals surface area contributed by atoms with Crippen LogP contribution < -0.4 is 10.9 Å². The number of rotatable bonds is 5. The van der Waals surface area contributed by atoms with Crippen molar-refractivity contribution in [1.29, 1.82) is 0 Å². The lowest BCUT2D eigenvalue weighted by Crippen LogP contribution is -2.39. The molecule has 1 unspecified atom stereocenters. The number of carbonyl (C=O) groups is 2. The molecule has 8 heteroatoms. The van der Waals surface area contributed by atoms with Gasteiger partial charge >= 0.3 is 5.97 Å². The molecule has 0 spiro atoms. The van der Waals surface area contributed by atoms with Gasteiger partial charge < -0.3 is 10.4 Å². The molecule has 2 N–H and O–H groups in total. The average Bonchev–Trinajstić information content (AvgIpc) is 2.86. The lowest BCUT2D eigenvalue weighted by molar-refractivity contribution is -0.137. The van der Waals surface area contributed by atoms with Gasteiger partial charge in [0.1, 0.15) is 5.56 Å². The van der Waals surface area contributed by atoms with E-state index in [1.165, 1.54) is 21.9 Å². The van der Waals surface area contributed by atoms with Crippen molar-refractivity contribution >= 4 is 28.2 Å². The molecule has 2 aromatic rings. The molecule has 1 amide bonds. The number of nitrogens with zero attached hydrogens (tertiary/aromatic N) is 2. The molecule has 2 rings (SSSR count). The van der Waals surface area contributed by atoms with Crippen molar-refractivity contribution in [2.45, 2.75) is 25.8 Å². The SMILES string of the molecule is CCC(CC(=O)O)NC(=O)c1cnc2sccn2c1=O. The van der Waals surface area contributed by atoms with Gasteiger partial charge in [0, 0.05) is 23.8 Å². The summed E-state index contributed by atoms with van der Waals surface area (Å²) in [7, 11) is 0. The van der Waals surface area contributed by atoms with Crippen molar-refractivity contribution in [3.8, 4) is 0 Å². The summed E-state index contributed by atoms with van der Waals surface area (Å²) < 4.78 is 1.29. The zero-order valence-electron chi connectivity index (χ0n) is 10.7. The average molecular weight is 295 g/mol. The van der Waals surface area contributed by atoms with E-state index in [0.717, 1.165) is 0 Å². The molecule has 0 radical (unpaired) electrons. The highest BCUT2D eigenvalue weighted by molar-refractivity contribution is 7.15. The Bertz CT molecular complexity index is 706. The highest BCUT2D eigenvalue weighted by Gasteiger charge is 2.18. The Morgan fingerprint density at radius 1 is 1.55 bits per heavy atom. The van der Waals surface area contributed by atoms with E-state index in [1.54, 1.807) is 18.5 Å². The van der Waals surface area contributed by atoms with E-state index in [1.807, 2.05) is 0 Å². The fourth-order valence-corrected chi connectivity index (χ4v) is 2.43. The van der Waals surface area contributed by atoms with E-state index in [9.17, 15) is 14.4 Å². The normalized spacial score (nSPS) is 12.2. The first-order valence-corrected chi connectivity index (χ1v) is 6.88. The number of thiazole rings is 1. The Hall–Kier alpha value is -2.22. The Morgan fingerprint density at radius 2 is 2.30 bits per heavy atom. The standard InChI is InChI=1S/C12H13N3O4S/c1-2-7(5-9(16)17)14-10(18)8-6-13-12-15(11(8)19)3-4-20-12/h3-4,6-7H,2,5H2,1H3,(H,14,18)(H,16,17). The van der Waals surface area contributed by atoms with Gasteiger partial charge in [-0.3, -0.25) is 18.8 Å². The number of carbonyl (C=O) groups excluding carboxylic acids is 1. The van der Waals surface area contributed by atoms with E-state index in [-0.39, 0.29) is 12.0 Å². The second-order valence-electron chi connectivity index (χ2n) is 4.21. The first-order valence-electron chi connectivity index (χ1n) is 6.00. The molecule has 106 valence electrons. The van der Waals surface area contributed by atoms with Crippen molar-refractivity contribution in [1.82, 2.24) is 14.7 Å². The van der Waals surface area contributed by atoms with Gasteiger partial charge in [-0.2, -0.15) is 0 Å². The first kappa shape index (κ1) is 14.2. The Kier molecular flexibility index (Phi) is 4.14. The van der Waals surface area contributed by atoms with Crippen LogP contribution in [0, 0.1) is 0 Å². The summed E-state index contributed by atoms with van der Waals surface area (Å²) in [4.78, 5) is 39.3. The molecule has 0 aliphatic heterocycles. The summed E-state index contributed by atoms with van der Waals surface area (Å²) in [5.74, 6) is -1.60. The van der Waals surface area contributed by atoms with Gasteiger partial charge in [0.05, 0.1) is 6.42 Å². The molecule has 0 bridgehead atoms. The van der Waals surface area contributed by atoms with Crippen LogP contribution in [-0.4, -0.2) is 32.4 Å². The van der Waals surface area contributed by atoms with Gasteiger partial charge in [-0.15, -0.1) is 11.3 Å². The van der Waals surface area contributed by atoms with Gasteiger partial charge in [0.15, 0.2) is 4.96 Å². The minimum absolute atomic E-state index is 0.0928. The number of hydrogen-bond donors (Lipinski definition) is 2. The van der Waals surface area contributed by atoms with E-state index in [2.05, 4.69) is 10.3 Å². The lowest BCUT2D eigenvalue weighted by Gasteiger charge is -2.14. The number of aromatic nitrogens is 2. The monoisotopic (exact) mass is 295 g/mol. The topological polar surface area (TPSA) is 101 Å². The van der Waals surface area contributed by atoms with Crippen molar-refractivity contribution < 1.29 is 14.7 Å². The van der Waals surface area contributed by atoms with Gasteiger partial charge in [-0.05, 0) is 6.42 Å². The van der Waals surface area contributed by atoms with Gasteiger partial charge in [-0.25, -0.2) is 4.98 Å². The summed E-state index contributed by atoms with van der Waals surface area (Å²) in [6.45, 7) is 1.76. The van der Waals surface area contributed by atoms with Crippen LogP contribution in [0.5, 0.6) is 0 Å². The largest absolute Gasteiger partial charge is 0.481 e. The molecule has 20 heavy (non-hydrogen) atoms. The molecule has 0 aliphatic carbocycles. The molecule has 0 aliphatic rings. The fourth-order valence-electron chi connectivity index (χ4n) is 1.75. The third-order valence-electron chi connectivity index (χ3n) is 2.84. The van der Waals surface area contributed by atoms with Crippen LogP contribution in [0.1, 0.15) is 30.1 Å². The summed E-state index contributed by atoms with van der Waals surface area (Å²) in [5.41, 5.74) is -0.552. The van der Waals surface area contributed by atoms with Crippen LogP contribution >= 0.6 is 11.3 Å². The van der Waals surface area contributed by atoms with Gasteiger partial charge in [0.25, 0.3) is 11.5 Å². The lowest BCUT2D eigenvalue weighted by atomic mass is 10.1. The second-order valence-corrected chi connectivity index (χ2v) is 5.08. The Morgan fingerprint density at radius 3 is 2.95 bits per heavy atom. The van der Waals surface area contributed by atoms with Crippen molar-refractivity contribution in [3.05, 3.63) is 33.7 Å². The van der Waals surface area contributed by atoms with E-state index < -0.39 is 23.5 Å². The summed E-state index contributed by atoms with van der Waals surface area (Å²) in [6, 6.07) is -0.512. The summed E-state index contributed by atoms with van der Waals surface area (Å²) in [5, 5.41) is 13.0. The maximum Gasteiger partial charge on any atom is 0.305 e. The van der Waals surface area contributed by atoms with Crippen LogP contribution in [0.15, 0.2) is 22.6 Å². The van der Waals surface area contributed by atoms with Crippen LogP contribution in [0.2, 0.25) is 0 Å². The molecular formula is C12H13N3O4S. The van der Waals surface area contributed by atoms with Crippen LogP contribution in [-0.2, 0) is 4.79 Å². The zero-order valence-corrected chi connectivity index (χ0v) is 11.5. The number of hydrogen-bond acceptors (Lipinski definition) is 5. The molecule has 0 aromatic carbocycles. The van der Waals surface area contributed by atoms with Gasteiger partial charge in [0.2, 0.25) is 0 Å². The maximum absolute atomic E-state index is 12.1. The summed E-state index contributed by atoms with van der Waals surface area (Å²) >= 11 is 1.29. The van der Waals surface area contributed by atoms with Crippen LogP contribution in [0.25, 0.3) is 4.96 Å². The third-order valence-corrected chi connectivity index (χ3v) is 3.61. The minimum atomic E-state index is -1.000. The third kappa shape index (κ3) is 2.85. The number of carboxylic acid groups (broad SMARTS) is 1. The first-order chi connectivity index (χ1) is 9.52. The highest BCUT2D eigenvalue weighted by Crippen LogP contribution is 2.06. The molecule has 0 saturated carbocycles. The second kappa shape index (κ2) is 5.83. The molecule has 2 heterocycles. The van der Waals surface area contributed by atoms with Crippen LogP contribution in [0.4, 0.5) is 0 Å². The van der Waals surface area contributed by atoms with Crippen molar-refractivity contribution in [2.75, 3.05) is 0 Å². The molecule has 2 aromatic heterocycles. The fraction of sp³-hybridized carbons (Fsp3) is 0.333. The predicted molar refractivity (Wildman–Crippen MR) is 73.1 cm³/mol. The number of aliphatic carboxylic acids is 1. The maximum atomic E-state index is 12.1. The van der Waals surface area contributed by atoms with E-state index in [0.29, 0.717) is 11.4 Å². The van der Waals surface area contributed by atoms with Gasteiger partial charge in [-0.1, -0.05) is 6.92 Å². The molecule has 0 fully saturated rings. The van der Waals surface area contributed by atoms with E-state index in [4.69, 9.17) is 5.11 Å². The van der Waals surface area contributed by atoms with E-state index >= 15 is 0 Å². The molecule has 1 atom stereocenters. The zero-order chi connectivity index (χ0) is 14.7. The van der Waals surface area contributed by atoms with Crippen molar-refractivity contribution in [3.63, 3.8) is 0 Å². The van der Waals surface area contributed by atoms with Crippen LogP contribution in [0.3, 0.4) is 0 Å². The summed E-state index contributed by atoms with van der Waals surface area (Å²) in [6.07, 6.45) is 3.04. The Labute approximate surface area is 117 Å². The smallest absolute Gasteiger partial charge is 0.305 e. The number of fused-ring (bicyclic) bond motifs is 1. The Balaban J connectivity index is 2.24. The number of nitrogens with one attached hydrogen (secondary N) is 1. The minimum Gasteiger partial charge on any atom is -0.481 e. The molecular weight excluding hydrogens is 282 g/mol. The molecule has 7 nitrogen and oxygen atoms in total. The van der Waals surface area contributed by atoms with Crippen molar-refractivity contribution in [2.24, 2.45) is 0 Å². The molecule has 0 saturated heterocycles. The predicted octanol–water partition coefficient (Wildman–Crippen LogP) is 0.739. The number of carboxylic acids is 1. The quantitative estimate of drug-likeness (QED) is 0.847. The highest BCUT2D eigenvalue weighted by atomic mass is 32.1. The number of amides is 1.